The van der Waals surface area contributed by atoms with Gasteiger partial charge < -0.3 is 4.90 Å². The van der Waals surface area contributed by atoms with Crippen molar-refractivity contribution < 1.29 is 4.79 Å². The van der Waals surface area contributed by atoms with Crippen LogP contribution in [0.15, 0.2) is 65.1 Å². The highest BCUT2D eigenvalue weighted by Gasteiger charge is 2.50. The van der Waals surface area contributed by atoms with Crippen molar-refractivity contribution in [2.45, 2.75) is 32.2 Å². The van der Waals surface area contributed by atoms with E-state index in [1.54, 1.807) is 0 Å². The molecule has 2 heterocycles. The third kappa shape index (κ3) is 2.91. The number of aryl methyl sites for hydroxylation is 2. The first-order valence-corrected chi connectivity index (χ1v) is 9.32. The zero-order valence-electron chi connectivity index (χ0n) is 14.4. The maximum atomic E-state index is 13.0. The van der Waals surface area contributed by atoms with Crippen LogP contribution in [-0.2, 0) is 17.6 Å². The molecule has 0 unspecified atom stereocenters. The Morgan fingerprint density at radius 2 is 1.44 bits per heavy atom. The third-order valence-corrected chi connectivity index (χ3v) is 5.64. The molecule has 2 aliphatic heterocycles. The van der Waals surface area contributed by atoms with Crippen molar-refractivity contribution in [2.24, 2.45) is 4.99 Å². The highest BCUT2D eigenvalue weighted by Crippen LogP contribution is 2.39. The summed E-state index contributed by atoms with van der Waals surface area (Å²) in [5, 5.41) is 2.80. The summed E-state index contributed by atoms with van der Waals surface area (Å²) in [7, 11) is 0. The molecule has 0 radical (unpaired) electrons. The van der Waals surface area contributed by atoms with Crippen LogP contribution in [0.4, 0.5) is 0 Å². The lowest BCUT2D eigenvalue weighted by Gasteiger charge is -2.34. The normalized spacial score (nSPS) is 17.8. The molecule has 0 atom stereocenters. The molecule has 25 heavy (non-hydrogen) atoms. The smallest absolute Gasteiger partial charge is 0.275 e. The average molecular weight is 348 g/mol. The SMILES string of the molecule is Cc1ccc(CC2(Cc3ccc(C)cc3)C(=O)N=C3SC=CN32)cc1. The van der Waals surface area contributed by atoms with Crippen LogP contribution in [-0.4, -0.2) is 21.5 Å². The van der Waals surface area contributed by atoms with E-state index in [4.69, 9.17) is 0 Å². The van der Waals surface area contributed by atoms with Crippen LogP contribution in [0.1, 0.15) is 22.3 Å². The number of nitrogens with zero attached hydrogens (tertiary/aromatic N) is 2. The Bertz CT molecular complexity index is 818. The van der Waals surface area contributed by atoms with Crippen LogP contribution in [0.25, 0.3) is 0 Å². The fourth-order valence-electron chi connectivity index (χ4n) is 3.44. The summed E-state index contributed by atoms with van der Waals surface area (Å²) in [6.45, 7) is 4.15. The van der Waals surface area contributed by atoms with E-state index >= 15 is 0 Å². The minimum Gasteiger partial charge on any atom is -0.311 e. The largest absolute Gasteiger partial charge is 0.311 e. The van der Waals surface area contributed by atoms with Gasteiger partial charge in [-0.2, -0.15) is 4.99 Å². The van der Waals surface area contributed by atoms with Gasteiger partial charge in [0.15, 0.2) is 5.17 Å². The number of fused-ring (bicyclic) bond motifs is 1. The monoisotopic (exact) mass is 348 g/mol. The Kier molecular flexibility index (Phi) is 4.00. The zero-order chi connectivity index (χ0) is 17.4. The van der Waals surface area contributed by atoms with Gasteiger partial charge in [-0.3, -0.25) is 4.79 Å². The summed E-state index contributed by atoms with van der Waals surface area (Å²) in [4.78, 5) is 19.4. The van der Waals surface area contributed by atoms with E-state index < -0.39 is 5.54 Å². The van der Waals surface area contributed by atoms with Crippen LogP contribution < -0.4 is 0 Å². The van der Waals surface area contributed by atoms with Crippen molar-refractivity contribution in [3.8, 4) is 0 Å². The second-order valence-electron chi connectivity index (χ2n) is 6.83. The average Bonchev–Trinajstić information content (AvgIpc) is 3.15. The minimum atomic E-state index is -0.667. The van der Waals surface area contributed by atoms with Gasteiger partial charge in [-0.1, -0.05) is 71.4 Å². The first kappa shape index (κ1) is 16.2. The first-order valence-electron chi connectivity index (χ1n) is 8.44. The Labute approximate surface area is 152 Å². The van der Waals surface area contributed by atoms with Gasteiger partial charge in [-0.25, -0.2) is 0 Å². The van der Waals surface area contributed by atoms with Crippen molar-refractivity contribution in [1.82, 2.24) is 4.90 Å². The van der Waals surface area contributed by atoms with Crippen LogP contribution in [0.2, 0.25) is 0 Å². The number of rotatable bonds is 4. The standard InChI is InChI=1S/C21H20N2OS/c1-15-3-7-17(8-4-15)13-21(14-18-9-5-16(2)6-10-18)19(24)22-20-23(21)11-12-25-20/h3-12H,13-14H2,1-2H3. The number of amidine groups is 1. The van der Waals surface area contributed by atoms with Gasteiger partial charge in [0.05, 0.1) is 0 Å². The molecule has 0 saturated heterocycles. The Morgan fingerprint density at radius 1 is 0.920 bits per heavy atom. The summed E-state index contributed by atoms with van der Waals surface area (Å²) >= 11 is 1.52. The Balaban J connectivity index is 1.72. The van der Waals surface area contributed by atoms with Crippen molar-refractivity contribution in [1.29, 1.82) is 0 Å². The number of benzene rings is 2. The van der Waals surface area contributed by atoms with Crippen LogP contribution in [0.5, 0.6) is 0 Å². The maximum absolute atomic E-state index is 13.0. The number of amides is 1. The van der Waals surface area contributed by atoms with Gasteiger partial charge in [-0.05, 0) is 30.4 Å². The molecule has 0 spiro atoms. The van der Waals surface area contributed by atoms with Crippen LogP contribution >= 0.6 is 11.8 Å². The summed E-state index contributed by atoms with van der Waals surface area (Å²) in [5.41, 5.74) is 4.10. The summed E-state index contributed by atoms with van der Waals surface area (Å²) in [5.74, 6) is -0.0412. The molecule has 0 bridgehead atoms. The van der Waals surface area contributed by atoms with Crippen molar-refractivity contribution in [3.05, 3.63) is 82.4 Å². The summed E-state index contributed by atoms with van der Waals surface area (Å²) in [6.07, 6.45) is 3.30. The highest BCUT2D eigenvalue weighted by molar-refractivity contribution is 8.16. The molecular formula is C21H20N2OS. The van der Waals surface area contributed by atoms with Crippen LogP contribution in [0, 0.1) is 13.8 Å². The number of hydrogen-bond donors (Lipinski definition) is 0. The van der Waals surface area contributed by atoms with Crippen molar-refractivity contribution >= 4 is 22.8 Å². The second-order valence-corrected chi connectivity index (χ2v) is 7.70. The van der Waals surface area contributed by atoms with E-state index in [2.05, 4.69) is 72.3 Å². The molecule has 0 fully saturated rings. The number of aliphatic imine (C=N–C) groups is 1. The minimum absolute atomic E-state index is 0.0412. The van der Waals surface area contributed by atoms with E-state index in [0.29, 0.717) is 12.8 Å². The molecule has 0 aliphatic carbocycles. The number of carbonyl (C=O) groups is 1. The zero-order valence-corrected chi connectivity index (χ0v) is 15.2. The van der Waals surface area contributed by atoms with Gasteiger partial charge in [-0.15, -0.1) is 0 Å². The topological polar surface area (TPSA) is 32.7 Å². The molecule has 2 aromatic rings. The van der Waals surface area contributed by atoms with Gasteiger partial charge >= 0.3 is 0 Å². The number of hydrogen-bond acceptors (Lipinski definition) is 3. The molecule has 0 saturated carbocycles. The molecular weight excluding hydrogens is 328 g/mol. The van der Waals surface area contributed by atoms with E-state index in [0.717, 1.165) is 16.3 Å². The predicted molar refractivity (Wildman–Crippen MR) is 104 cm³/mol. The summed E-state index contributed by atoms with van der Waals surface area (Å²) < 4.78 is 0. The Morgan fingerprint density at radius 3 is 1.96 bits per heavy atom. The molecule has 126 valence electrons. The molecule has 0 aromatic heterocycles. The lowest BCUT2D eigenvalue weighted by atomic mass is 9.83. The fourth-order valence-corrected chi connectivity index (χ4v) is 4.23. The van der Waals surface area contributed by atoms with E-state index in [1.165, 1.54) is 22.9 Å². The number of thioether (sulfide) groups is 1. The van der Waals surface area contributed by atoms with Gasteiger partial charge in [0.25, 0.3) is 5.91 Å². The molecule has 4 rings (SSSR count). The fraction of sp³-hybridized carbons (Fsp3) is 0.238. The number of carbonyl (C=O) groups excluding carboxylic acids is 1. The quantitative estimate of drug-likeness (QED) is 0.828. The van der Waals surface area contributed by atoms with E-state index in [1.807, 2.05) is 11.6 Å². The predicted octanol–water partition coefficient (Wildman–Crippen LogP) is 4.24. The lowest BCUT2D eigenvalue weighted by molar-refractivity contribution is -0.124. The molecule has 2 aromatic carbocycles. The molecule has 2 aliphatic rings. The van der Waals surface area contributed by atoms with Gasteiger partial charge in [0.2, 0.25) is 0 Å². The van der Waals surface area contributed by atoms with Crippen molar-refractivity contribution in [2.75, 3.05) is 0 Å². The van der Waals surface area contributed by atoms with Gasteiger partial charge in [0.1, 0.15) is 5.54 Å². The molecule has 3 nitrogen and oxygen atoms in total. The van der Waals surface area contributed by atoms with Crippen LogP contribution in [0.3, 0.4) is 0 Å². The molecule has 0 N–H and O–H groups in total. The Hall–Kier alpha value is -2.33. The maximum Gasteiger partial charge on any atom is 0.275 e. The molecule has 4 heteroatoms. The lowest BCUT2D eigenvalue weighted by Crippen LogP contribution is -2.51. The highest BCUT2D eigenvalue weighted by atomic mass is 32.2. The molecule has 1 amide bonds. The third-order valence-electron chi connectivity index (χ3n) is 4.88. The van der Waals surface area contributed by atoms with E-state index in [9.17, 15) is 4.79 Å². The second kappa shape index (κ2) is 6.19. The first-order chi connectivity index (χ1) is 12.1. The van der Waals surface area contributed by atoms with Crippen molar-refractivity contribution in [3.63, 3.8) is 0 Å². The summed E-state index contributed by atoms with van der Waals surface area (Å²) in [6, 6.07) is 16.9. The van der Waals surface area contributed by atoms with Gasteiger partial charge in [0, 0.05) is 19.0 Å². The van der Waals surface area contributed by atoms with E-state index in [-0.39, 0.29) is 5.91 Å².